The fourth-order valence-corrected chi connectivity index (χ4v) is 4.85. The predicted octanol–water partition coefficient (Wildman–Crippen LogP) is 3.30. The van der Waals surface area contributed by atoms with Gasteiger partial charge in [0.15, 0.2) is 0 Å². The highest BCUT2D eigenvalue weighted by Gasteiger charge is 2.33. The van der Waals surface area contributed by atoms with Gasteiger partial charge in [0, 0.05) is 24.9 Å². The Labute approximate surface area is 198 Å². The lowest BCUT2D eigenvalue weighted by Gasteiger charge is -2.17. The Morgan fingerprint density at radius 1 is 0.941 bits per heavy atom. The molecule has 0 heterocycles. The zero-order valence-electron chi connectivity index (χ0n) is 19.0. The molecular weight excluding hydrogens is 436 g/mol. The third kappa shape index (κ3) is 5.56. The first-order chi connectivity index (χ1) is 16.5. The van der Waals surface area contributed by atoms with Crippen LogP contribution in [0.3, 0.4) is 0 Å². The van der Waals surface area contributed by atoms with E-state index in [1.807, 2.05) is 24.3 Å². The summed E-state index contributed by atoms with van der Waals surface area (Å²) in [5, 5.41) is 14.6. The Morgan fingerprint density at radius 3 is 2.29 bits per heavy atom. The molecule has 0 spiro atoms. The van der Waals surface area contributed by atoms with E-state index in [0.717, 1.165) is 17.5 Å². The van der Waals surface area contributed by atoms with Gasteiger partial charge in [-0.15, -0.1) is 0 Å². The van der Waals surface area contributed by atoms with Crippen LogP contribution in [0.2, 0.25) is 0 Å². The average molecular weight is 467 g/mol. The maximum absolute atomic E-state index is 12.1. The number of fused-ring (bicyclic) bond motifs is 3. The van der Waals surface area contributed by atoms with E-state index in [0.29, 0.717) is 12.8 Å². The van der Waals surface area contributed by atoms with E-state index in [1.165, 1.54) is 11.1 Å². The van der Waals surface area contributed by atoms with Crippen LogP contribution in [-0.4, -0.2) is 55.5 Å². The van der Waals surface area contributed by atoms with Gasteiger partial charge in [-0.25, -0.2) is 4.79 Å². The Bertz CT molecular complexity index is 994. The molecule has 2 aliphatic carbocycles. The quantitative estimate of drug-likeness (QED) is 0.463. The summed E-state index contributed by atoms with van der Waals surface area (Å²) in [5.41, 5.74) is 4.67. The number of amides is 2. The van der Waals surface area contributed by atoms with Crippen molar-refractivity contribution in [2.45, 2.75) is 37.6 Å². The number of nitrogens with one attached hydrogen (secondary N) is 2. The molecule has 2 aromatic carbocycles. The van der Waals surface area contributed by atoms with Crippen LogP contribution in [0.5, 0.6) is 0 Å². The lowest BCUT2D eigenvalue weighted by atomic mass is 9.98. The molecule has 2 unspecified atom stereocenters. The second kappa shape index (κ2) is 11.2. The van der Waals surface area contributed by atoms with Gasteiger partial charge in [-0.05, 0) is 35.1 Å². The summed E-state index contributed by atoms with van der Waals surface area (Å²) >= 11 is 0. The summed E-state index contributed by atoms with van der Waals surface area (Å²) in [5.74, 6) is -1.58. The van der Waals surface area contributed by atoms with E-state index in [-0.39, 0.29) is 50.7 Å². The van der Waals surface area contributed by atoms with E-state index in [9.17, 15) is 19.5 Å². The Balaban J connectivity index is 1.12. The van der Waals surface area contributed by atoms with E-state index in [2.05, 4.69) is 34.9 Å². The van der Waals surface area contributed by atoms with Gasteiger partial charge in [0.2, 0.25) is 5.91 Å². The summed E-state index contributed by atoms with van der Waals surface area (Å²) in [6.07, 6.45) is 1.73. The molecule has 0 bridgehead atoms. The van der Waals surface area contributed by atoms with Crippen molar-refractivity contribution in [3.05, 3.63) is 59.7 Å². The Morgan fingerprint density at radius 2 is 1.62 bits per heavy atom. The minimum absolute atomic E-state index is 0.00787. The lowest BCUT2D eigenvalue weighted by molar-refractivity contribution is -0.142. The predicted molar refractivity (Wildman–Crippen MR) is 125 cm³/mol. The number of hydrogen-bond donors (Lipinski definition) is 3. The molecule has 4 rings (SSSR count). The van der Waals surface area contributed by atoms with Gasteiger partial charge in [0.25, 0.3) is 0 Å². The van der Waals surface area contributed by atoms with Gasteiger partial charge in [0.1, 0.15) is 6.61 Å². The molecule has 0 aromatic heterocycles. The van der Waals surface area contributed by atoms with Crippen molar-refractivity contribution < 1.29 is 29.0 Å². The molecule has 2 amide bonds. The number of rotatable bonds is 10. The molecule has 2 aliphatic rings. The van der Waals surface area contributed by atoms with Crippen LogP contribution >= 0.6 is 0 Å². The van der Waals surface area contributed by atoms with Crippen molar-refractivity contribution in [2.24, 2.45) is 5.92 Å². The van der Waals surface area contributed by atoms with Crippen LogP contribution in [0.4, 0.5) is 4.79 Å². The van der Waals surface area contributed by atoms with E-state index < -0.39 is 18.0 Å². The molecule has 2 atom stereocenters. The molecular formula is C26H30N2O6. The summed E-state index contributed by atoms with van der Waals surface area (Å²) in [4.78, 5) is 35.4. The molecule has 8 heteroatoms. The number of carboxylic acids is 1. The number of carbonyl (C=O) groups excluding carboxylic acids is 2. The third-order valence-corrected chi connectivity index (χ3v) is 6.51. The summed E-state index contributed by atoms with van der Waals surface area (Å²) in [7, 11) is 0. The van der Waals surface area contributed by atoms with Crippen LogP contribution in [0.25, 0.3) is 11.1 Å². The fraction of sp³-hybridized carbons (Fsp3) is 0.423. The first-order valence-corrected chi connectivity index (χ1v) is 11.7. The normalized spacial score (nSPS) is 18.7. The zero-order chi connectivity index (χ0) is 23.9. The summed E-state index contributed by atoms with van der Waals surface area (Å²) in [6.45, 7) is 0.961. The first-order valence-electron chi connectivity index (χ1n) is 11.7. The summed E-state index contributed by atoms with van der Waals surface area (Å²) in [6, 6.07) is 16.0. The third-order valence-electron chi connectivity index (χ3n) is 6.51. The molecule has 8 nitrogen and oxygen atoms in total. The zero-order valence-corrected chi connectivity index (χ0v) is 19.0. The Kier molecular flexibility index (Phi) is 7.80. The minimum Gasteiger partial charge on any atom is -0.481 e. The molecule has 0 aliphatic heterocycles. The Hall–Kier alpha value is -3.39. The largest absolute Gasteiger partial charge is 0.481 e. The van der Waals surface area contributed by atoms with Gasteiger partial charge in [-0.2, -0.15) is 0 Å². The molecule has 2 aromatic rings. The number of benzene rings is 2. The van der Waals surface area contributed by atoms with E-state index >= 15 is 0 Å². The minimum atomic E-state index is -0.863. The van der Waals surface area contributed by atoms with Crippen molar-refractivity contribution in [3.8, 4) is 11.1 Å². The van der Waals surface area contributed by atoms with Crippen molar-refractivity contribution in [3.63, 3.8) is 0 Å². The van der Waals surface area contributed by atoms with Gasteiger partial charge in [-0.3, -0.25) is 9.59 Å². The van der Waals surface area contributed by atoms with Crippen molar-refractivity contribution in [2.75, 3.05) is 26.4 Å². The van der Waals surface area contributed by atoms with Crippen molar-refractivity contribution in [1.82, 2.24) is 10.6 Å². The summed E-state index contributed by atoms with van der Waals surface area (Å²) < 4.78 is 10.9. The van der Waals surface area contributed by atoms with E-state index in [4.69, 9.17) is 9.47 Å². The van der Waals surface area contributed by atoms with Crippen molar-refractivity contribution >= 4 is 18.0 Å². The second-order valence-corrected chi connectivity index (χ2v) is 8.66. The number of hydrogen-bond acceptors (Lipinski definition) is 5. The number of aliphatic carboxylic acids is 1. The van der Waals surface area contributed by atoms with Crippen LogP contribution < -0.4 is 10.6 Å². The van der Waals surface area contributed by atoms with Gasteiger partial charge in [-0.1, -0.05) is 55.0 Å². The number of alkyl carbamates (subject to hydrolysis) is 1. The highest BCUT2D eigenvalue weighted by Crippen LogP contribution is 2.44. The SMILES string of the molecule is O=C(CCOCCNC(=O)OCC1c2ccccc2-c2ccccc21)NC1CCCC1C(=O)O. The molecule has 1 fully saturated rings. The van der Waals surface area contributed by atoms with Crippen LogP contribution in [0.15, 0.2) is 48.5 Å². The number of carboxylic acid groups (broad SMARTS) is 1. The van der Waals surface area contributed by atoms with Crippen LogP contribution in [-0.2, 0) is 19.1 Å². The highest BCUT2D eigenvalue weighted by molar-refractivity contribution is 5.79. The van der Waals surface area contributed by atoms with Gasteiger partial charge in [0.05, 0.1) is 19.1 Å². The average Bonchev–Trinajstić information content (AvgIpc) is 3.42. The fourth-order valence-electron chi connectivity index (χ4n) is 4.85. The van der Waals surface area contributed by atoms with Gasteiger partial charge >= 0.3 is 12.1 Å². The smallest absolute Gasteiger partial charge is 0.407 e. The monoisotopic (exact) mass is 466 g/mol. The van der Waals surface area contributed by atoms with Gasteiger partial charge < -0.3 is 25.2 Å². The highest BCUT2D eigenvalue weighted by atomic mass is 16.5. The van der Waals surface area contributed by atoms with Crippen molar-refractivity contribution in [1.29, 1.82) is 0 Å². The molecule has 34 heavy (non-hydrogen) atoms. The number of carbonyl (C=O) groups is 3. The molecule has 1 saturated carbocycles. The maximum atomic E-state index is 12.1. The standard InChI is InChI=1S/C26H30N2O6/c29-24(28-23-11-5-10-21(23)25(30)31)12-14-33-15-13-27-26(32)34-16-22-19-8-3-1-6-17(19)18-7-2-4-9-20(18)22/h1-4,6-9,21-23H,5,10-16H2,(H,27,32)(H,28,29)(H,30,31). The second-order valence-electron chi connectivity index (χ2n) is 8.66. The van der Waals surface area contributed by atoms with E-state index in [1.54, 1.807) is 0 Å². The number of ether oxygens (including phenoxy) is 2. The first kappa shape index (κ1) is 23.8. The molecule has 3 N–H and O–H groups in total. The topological polar surface area (TPSA) is 114 Å². The molecule has 0 radical (unpaired) electrons. The molecule has 180 valence electrons. The van der Waals surface area contributed by atoms with Crippen LogP contribution in [0.1, 0.15) is 42.7 Å². The van der Waals surface area contributed by atoms with Crippen LogP contribution in [0, 0.1) is 5.92 Å². The molecule has 0 saturated heterocycles. The maximum Gasteiger partial charge on any atom is 0.407 e. The lowest BCUT2D eigenvalue weighted by Crippen LogP contribution is -2.40.